The van der Waals surface area contributed by atoms with Crippen LogP contribution in [0, 0.1) is 0 Å². The number of pyridine rings is 1. The second-order valence-corrected chi connectivity index (χ2v) is 1.52. The molecule has 0 amide bonds. The summed E-state index contributed by atoms with van der Waals surface area (Å²) >= 11 is 0. The Kier molecular flexibility index (Phi) is 8.49. The summed E-state index contributed by atoms with van der Waals surface area (Å²) < 4.78 is 39.0. The summed E-state index contributed by atoms with van der Waals surface area (Å²) in [5, 5.41) is 0. The van der Waals surface area contributed by atoms with Crippen molar-refractivity contribution in [3.8, 4) is 0 Å². The molecule has 1 nitrogen and oxygen atoms in total. The van der Waals surface area contributed by atoms with Gasteiger partial charge >= 0.3 is 7.25 Å². The van der Waals surface area contributed by atoms with Gasteiger partial charge in [0, 0.05) is 31.9 Å². The van der Waals surface area contributed by atoms with Crippen molar-refractivity contribution in [3.05, 3.63) is 30.6 Å². The van der Waals surface area contributed by atoms with E-state index in [1.165, 1.54) is 0 Å². The standard InChI is InChI=1S/C5H5N.BF4.Zn/c1-2-4-6-5-3-1;2-1(3,4)5;/h1-5H;;/q;-1;. The Morgan fingerprint density at radius 2 is 1.17 bits per heavy atom. The fourth-order valence-corrected chi connectivity index (χ4v) is 0.313. The number of hydrogen-bond acceptors (Lipinski definition) is 1. The largest absolute Gasteiger partial charge is 0.673 e. The van der Waals surface area contributed by atoms with Gasteiger partial charge in [0.05, 0.1) is 0 Å². The van der Waals surface area contributed by atoms with E-state index in [9.17, 15) is 17.3 Å². The van der Waals surface area contributed by atoms with Crippen LogP contribution in [-0.4, -0.2) is 12.2 Å². The average Bonchev–Trinajstić information content (AvgIpc) is 1.88. The van der Waals surface area contributed by atoms with Crippen LogP contribution in [0.15, 0.2) is 30.6 Å². The first-order chi connectivity index (χ1) is 5.00. The van der Waals surface area contributed by atoms with E-state index in [4.69, 9.17) is 0 Å². The van der Waals surface area contributed by atoms with Crippen LogP contribution in [0.4, 0.5) is 17.3 Å². The maximum absolute atomic E-state index is 9.75. The summed E-state index contributed by atoms with van der Waals surface area (Å²) in [6.45, 7) is 0. The maximum Gasteiger partial charge on any atom is 0.673 e. The van der Waals surface area contributed by atoms with E-state index >= 15 is 0 Å². The SMILES string of the molecule is F[B-](F)(F)F.[Zn].c1ccncc1. The van der Waals surface area contributed by atoms with Crippen molar-refractivity contribution in [2.75, 3.05) is 0 Å². The Balaban J connectivity index is 0. The Morgan fingerprint density at radius 1 is 0.833 bits per heavy atom. The molecule has 64 valence electrons. The minimum Gasteiger partial charge on any atom is -0.418 e. The van der Waals surface area contributed by atoms with Crippen LogP contribution < -0.4 is 0 Å². The molecule has 1 aromatic rings. The molecule has 0 N–H and O–H groups in total. The van der Waals surface area contributed by atoms with Crippen LogP contribution in [0.5, 0.6) is 0 Å². The minimum absolute atomic E-state index is 0. The van der Waals surface area contributed by atoms with Crippen LogP contribution in [-0.2, 0) is 19.5 Å². The average molecular weight is 231 g/mol. The van der Waals surface area contributed by atoms with E-state index in [-0.39, 0.29) is 19.5 Å². The van der Waals surface area contributed by atoms with Crippen LogP contribution in [0.1, 0.15) is 0 Å². The summed E-state index contributed by atoms with van der Waals surface area (Å²) in [4.78, 5) is 3.78. The van der Waals surface area contributed by atoms with E-state index in [0.717, 1.165) is 0 Å². The van der Waals surface area contributed by atoms with Crippen molar-refractivity contribution in [2.45, 2.75) is 0 Å². The molecule has 0 spiro atoms. The topological polar surface area (TPSA) is 12.9 Å². The molecule has 12 heavy (non-hydrogen) atoms. The van der Waals surface area contributed by atoms with Crippen LogP contribution in [0.25, 0.3) is 0 Å². The molecule has 0 saturated heterocycles. The van der Waals surface area contributed by atoms with E-state index in [1.807, 2.05) is 18.2 Å². The quantitative estimate of drug-likeness (QED) is 0.493. The van der Waals surface area contributed by atoms with Gasteiger partial charge in [0.2, 0.25) is 0 Å². The molecule has 0 radical (unpaired) electrons. The Bertz CT molecular complexity index is 148. The van der Waals surface area contributed by atoms with Gasteiger partial charge in [-0.2, -0.15) is 0 Å². The molecule has 0 aliphatic heterocycles. The zero-order valence-corrected chi connectivity index (χ0v) is 9.10. The molecule has 0 saturated carbocycles. The zero-order valence-electron chi connectivity index (χ0n) is 6.13. The van der Waals surface area contributed by atoms with Gasteiger partial charge in [0.15, 0.2) is 0 Å². The van der Waals surface area contributed by atoms with Gasteiger partial charge in [-0.3, -0.25) is 4.98 Å². The van der Waals surface area contributed by atoms with Crippen molar-refractivity contribution >= 4 is 7.25 Å². The normalized spacial score (nSPS) is 9.00. The summed E-state index contributed by atoms with van der Waals surface area (Å²) in [6, 6.07) is 5.72. The monoisotopic (exact) mass is 230 g/mol. The summed E-state index contributed by atoms with van der Waals surface area (Å²) in [7, 11) is -6.00. The maximum atomic E-state index is 9.75. The van der Waals surface area contributed by atoms with Crippen LogP contribution in [0.2, 0.25) is 0 Å². The van der Waals surface area contributed by atoms with Crippen molar-refractivity contribution in [3.63, 3.8) is 0 Å². The smallest absolute Gasteiger partial charge is 0.418 e. The predicted molar refractivity (Wildman–Crippen MR) is 34.4 cm³/mol. The molecular formula is C5H5BF4NZn-. The van der Waals surface area contributed by atoms with Crippen molar-refractivity contribution in [2.24, 2.45) is 0 Å². The molecule has 0 aromatic carbocycles. The van der Waals surface area contributed by atoms with Gasteiger partial charge in [-0.15, -0.1) is 0 Å². The van der Waals surface area contributed by atoms with Gasteiger partial charge in [-0.05, 0) is 12.1 Å². The molecule has 7 heteroatoms. The van der Waals surface area contributed by atoms with Crippen LogP contribution in [0.3, 0.4) is 0 Å². The van der Waals surface area contributed by atoms with E-state index < -0.39 is 7.25 Å². The van der Waals surface area contributed by atoms with Gasteiger partial charge in [0.25, 0.3) is 0 Å². The number of halogens is 4. The van der Waals surface area contributed by atoms with E-state index in [0.29, 0.717) is 0 Å². The molecular weight excluding hydrogens is 226 g/mol. The Labute approximate surface area is 80.1 Å². The third kappa shape index (κ3) is 22.7. The molecule has 0 aliphatic rings. The first kappa shape index (κ1) is 14.1. The number of hydrogen-bond donors (Lipinski definition) is 0. The molecule has 0 aliphatic carbocycles. The van der Waals surface area contributed by atoms with Crippen LogP contribution >= 0.6 is 0 Å². The molecule has 1 heterocycles. The number of rotatable bonds is 0. The number of nitrogens with zero attached hydrogens (tertiary/aromatic N) is 1. The Hall–Kier alpha value is -0.442. The first-order valence-corrected chi connectivity index (χ1v) is 2.72. The van der Waals surface area contributed by atoms with Gasteiger partial charge in [-0.25, -0.2) is 0 Å². The predicted octanol–water partition coefficient (Wildman–Crippen LogP) is 2.38. The van der Waals surface area contributed by atoms with Gasteiger partial charge in [0.1, 0.15) is 0 Å². The third-order valence-electron chi connectivity index (χ3n) is 0.566. The van der Waals surface area contributed by atoms with Gasteiger partial charge in [-0.1, -0.05) is 6.07 Å². The zero-order chi connectivity index (χ0) is 8.74. The van der Waals surface area contributed by atoms with Crippen molar-refractivity contribution in [1.29, 1.82) is 0 Å². The molecule has 0 atom stereocenters. The second kappa shape index (κ2) is 7.22. The van der Waals surface area contributed by atoms with Crippen molar-refractivity contribution in [1.82, 2.24) is 4.98 Å². The van der Waals surface area contributed by atoms with Crippen molar-refractivity contribution < 1.29 is 36.7 Å². The molecule has 0 fully saturated rings. The van der Waals surface area contributed by atoms with Gasteiger partial charge < -0.3 is 17.3 Å². The molecule has 1 rings (SSSR count). The third-order valence-corrected chi connectivity index (χ3v) is 0.566. The fourth-order valence-electron chi connectivity index (χ4n) is 0.313. The first-order valence-electron chi connectivity index (χ1n) is 2.72. The molecule has 0 bridgehead atoms. The van der Waals surface area contributed by atoms with E-state index in [2.05, 4.69) is 4.98 Å². The summed E-state index contributed by atoms with van der Waals surface area (Å²) in [5.74, 6) is 0. The second-order valence-electron chi connectivity index (χ2n) is 1.52. The summed E-state index contributed by atoms with van der Waals surface area (Å²) in [6.07, 6.45) is 3.50. The summed E-state index contributed by atoms with van der Waals surface area (Å²) in [5.41, 5.74) is 0. The van der Waals surface area contributed by atoms with E-state index in [1.54, 1.807) is 12.4 Å². The Morgan fingerprint density at radius 3 is 1.25 bits per heavy atom. The molecule has 0 unspecified atom stereocenters. The minimum atomic E-state index is -6.00. The molecule has 1 aromatic heterocycles. The number of aromatic nitrogens is 1. The fraction of sp³-hybridized carbons (Fsp3) is 0.